The van der Waals surface area contributed by atoms with Gasteiger partial charge in [0.1, 0.15) is 0 Å². The smallest absolute Gasteiger partial charge is 0.0493 e. The first-order valence-corrected chi connectivity index (χ1v) is 5.85. The third kappa shape index (κ3) is 3.58. The molecule has 2 N–H and O–H groups in total. The summed E-state index contributed by atoms with van der Waals surface area (Å²) in [5, 5.41) is 0. The number of rotatable bonds is 8. The number of methoxy groups -OCH3 is 1. The molecule has 2 atom stereocenters. The van der Waals surface area contributed by atoms with Crippen LogP contribution in [-0.4, -0.2) is 20.3 Å². The van der Waals surface area contributed by atoms with E-state index in [9.17, 15) is 0 Å². The van der Waals surface area contributed by atoms with Crippen LogP contribution in [0, 0.1) is 11.3 Å². The van der Waals surface area contributed by atoms with Crippen molar-refractivity contribution in [2.75, 3.05) is 20.3 Å². The maximum Gasteiger partial charge on any atom is 0.0493 e. The Kier molecular flexibility index (Phi) is 7.20. The van der Waals surface area contributed by atoms with Gasteiger partial charge in [0.05, 0.1) is 0 Å². The fourth-order valence-electron chi connectivity index (χ4n) is 2.17. The SMILES string of the molecule is CCCCC(CC)(CN)C(C)COC. The fourth-order valence-corrected chi connectivity index (χ4v) is 2.17. The summed E-state index contributed by atoms with van der Waals surface area (Å²) in [4.78, 5) is 0. The van der Waals surface area contributed by atoms with E-state index in [4.69, 9.17) is 10.5 Å². The summed E-state index contributed by atoms with van der Waals surface area (Å²) in [7, 11) is 1.77. The summed E-state index contributed by atoms with van der Waals surface area (Å²) in [6.45, 7) is 8.35. The number of hydrogen-bond donors (Lipinski definition) is 1. The summed E-state index contributed by atoms with van der Waals surface area (Å²) in [5.74, 6) is 0.564. The molecule has 0 radical (unpaired) electrons. The molecule has 0 saturated heterocycles. The Bertz CT molecular complexity index is 132. The second kappa shape index (κ2) is 7.24. The maximum absolute atomic E-state index is 5.93. The lowest BCUT2D eigenvalue weighted by molar-refractivity contribution is 0.0632. The third-order valence-electron chi connectivity index (χ3n) is 3.60. The first-order valence-electron chi connectivity index (χ1n) is 5.85. The van der Waals surface area contributed by atoms with Crippen molar-refractivity contribution in [3.63, 3.8) is 0 Å². The van der Waals surface area contributed by atoms with Gasteiger partial charge in [0.15, 0.2) is 0 Å². The molecule has 0 bridgehead atoms. The van der Waals surface area contributed by atoms with E-state index < -0.39 is 0 Å². The van der Waals surface area contributed by atoms with Gasteiger partial charge < -0.3 is 10.5 Å². The van der Waals surface area contributed by atoms with Gasteiger partial charge in [-0.15, -0.1) is 0 Å². The van der Waals surface area contributed by atoms with E-state index in [2.05, 4.69) is 20.8 Å². The summed E-state index contributed by atoms with van der Waals surface area (Å²) in [6, 6.07) is 0. The van der Waals surface area contributed by atoms with Crippen LogP contribution >= 0.6 is 0 Å². The van der Waals surface area contributed by atoms with Crippen LogP contribution < -0.4 is 5.73 Å². The summed E-state index contributed by atoms with van der Waals surface area (Å²) >= 11 is 0. The average Bonchev–Trinajstić information content (AvgIpc) is 2.21. The lowest BCUT2D eigenvalue weighted by Crippen LogP contribution is -2.38. The largest absolute Gasteiger partial charge is 0.384 e. The normalized spacial score (nSPS) is 17.8. The molecule has 14 heavy (non-hydrogen) atoms. The van der Waals surface area contributed by atoms with Crippen LogP contribution in [0.3, 0.4) is 0 Å². The minimum atomic E-state index is 0.298. The van der Waals surface area contributed by atoms with Crippen LogP contribution in [0.15, 0.2) is 0 Å². The molecule has 0 aromatic carbocycles. The van der Waals surface area contributed by atoms with Gasteiger partial charge in [0, 0.05) is 13.7 Å². The molecule has 0 spiro atoms. The summed E-state index contributed by atoms with van der Waals surface area (Å²) in [6.07, 6.45) is 4.93. The molecule has 86 valence electrons. The van der Waals surface area contributed by atoms with Crippen molar-refractivity contribution < 1.29 is 4.74 Å². The van der Waals surface area contributed by atoms with E-state index in [0.29, 0.717) is 11.3 Å². The second-order valence-corrected chi connectivity index (χ2v) is 4.38. The Hall–Kier alpha value is -0.0800. The number of nitrogens with two attached hydrogens (primary N) is 1. The zero-order chi connectivity index (χ0) is 11.0. The van der Waals surface area contributed by atoms with Gasteiger partial charge in [-0.25, -0.2) is 0 Å². The Balaban J connectivity index is 4.33. The van der Waals surface area contributed by atoms with Gasteiger partial charge in [-0.3, -0.25) is 0 Å². The van der Waals surface area contributed by atoms with Gasteiger partial charge in [-0.2, -0.15) is 0 Å². The van der Waals surface area contributed by atoms with E-state index in [-0.39, 0.29) is 0 Å². The van der Waals surface area contributed by atoms with E-state index in [1.807, 2.05) is 0 Å². The van der Waals surface area contributed by atoms with Crippen LogP contribution in [0.4, 0.5) is 0 Å². The monoisotopic (exact) mass is 201 g/mol. The molecule has 0 amide bonds. The van der Waals surface area contributed by atoms with E-state index in [0.717, 1.165) is 19.6 Å². The highest BCUT2D eigenvalue weighted by molar-refractivity contribution is 4.84. The van der Waals surface area contributed by atoms with Crippen molar-refractivity contribution >= 4 is 0 Å². The van der Waals surface area contributed by atoms with Gasteiger partial charge in [-0.1, -0.05) is 33.6 Å². The predicted octanol–water partition coefficient (Wildman–Crippen LogP) is 2.81. The highest BCUT2D eigenvalue weighted by atomic mass is 16.5. The minimum Gasteiger partial charge on any atom is -0.384 e. The molecule has 0 saturated carbocycles. The van der Waals surface area contributed by atoms with Crippen LogP contribution in [0.25, 0.3) is 0 Å². The summed E-state index contributed by atoms with van der Waals surface area (Å²) < 4.78 is 5.24. The van der Waals surface area contributed by atoms with Gasteiger partial charge in [-0.05, 0) is 30.7 Å². The van der Waals surface area contributed by atoms with E-state index in [1.54, 1.807) is 7.11 Å². The molecule has 0 fully saturated rings. The van der Waals surface area contributed by atoms with Crippen LogP contribution in [0.1, 0.15) is 46.5 Å². The molecule has 2 heteroatoms. The molecule has 0 aliphatic heterocycles. The highest BCUT2D eigenvalue weighted by Gasteiger charge is 2.32. The quantitative estimate of drug-likeness (QED) is 0.655. The third-order valence-corrected chi connectivity index (χ3v) is 3.60. The van der Waals surface area contributed by atoms with Crippen molar-refractivity contribution in [2.45, 2.75) is 46.5 Å². The minimum absolute atomic E-state index is 0.298. The standard InChI is InChI=1S/C12H27NO/c1-5-7-8-12(6-2,10-13)11(3)9-14-4/h11H,5-10,13H2,1-4H3. The zero-order valence-electron chi connectivity index (χ0n) is 10.3. The fraction of sp³-hybridized carbons (Fsp3) is 1.00. The van der Waals surface area contributed by atoms with Crippen molar-refractivity contribution in [3.05, 3.63) is 0 Å². The molecule has 2 nitrogen and oxygen atoms in total. The first-order chi connectivity index (χ1) is 6.66. The Morgan fingerprint density at radius 2 is 2.00 bits per heavy atom. The molecular formula is C12H27NO. The molecular weight excluding hydrogens is 174 g/mol. The lowest BCUT2D eigenvalue weighted by atomic mass is 9.71. The molecule has 0 aromatic rings. The Labute approximate surface area is 89.2 Å². The van der Waals surface area contributed by atoms with Crippen LogP contribution in [-0.2, 0) is 4.74 Å². The van der Waals surface area contributed by atoms with E-state index in [1.165, 1.54) is 19.3 Å². The summed E-state index contributed by atoms with van der Waals surface area (Å²) in [5.41, 5.74) is 6.23. The van der Waals surface area contributed by atoms with Gasteiger partial charge >= 0.3 is 0 Å². The topological polar surface area (TPSA) is 35.2 Å². The Morgan fingerprint density at radius 1 is 1.36 bits per heavy atom. The molecule has 0 aliphatic carbocycles. The average molecular weight is 201 g/mol. The maximum atomic E-state index is 5.93. The first kappa shape index (κ1) is 13.9. The van der Waals surface area contributed by atoms with Crippen molar-refractivity contribution in [1.82, 2.24) is 0 Å². The number of ether oxygens (including phenoxy) is 1. The van der Waals surface area contributed by atoms with Crippen LogP contribution in [0.2, 0.25) is 0 Å². The molecule has 0 rings (SSSR count). The molecule has 2 unspecified atom stereocenters. The molecule has 0 heterocycles. The van der Waals surface area contributed by atoms with Gasteiger partial charge in [0.2, 0.25) is 0 Å². The lowest BCUT2D eigenvalue weighted by Gasteiger charge is -2.37. The predicted molar refractivity (Wildman–Crippen MR) is 62.3 cm³/mol. The molecule has 0 aliphatic rings. The van der Waals surface area contributed by atoms with Crippen LogP contribution in [0.5, 0.6) is 0 Å². The van der Waals surface area contributed by atoms with Crippen molar-refractivity contribution in [3.8, 4) is 0 Å². The Morgan fingerprint density at radius 3 is 2.36 bits per heavy atom. The molecule has 0 aromatic heterocycles. The number of hydrogen-bond acceptors (Lipinski definition) is 2. The van der Waals surface area contributed by atoms with Crippen molar-refractivity contribution in [2.24, 2.45) is 17.1 Å². The van der Waals surface area contributed by atoms with E-state index >= 15 is 0 Å². The second-order valence-electron chi connectivity index (χ2n) is 4.38. The van der Waals surface area contributed by atoms with Crippen molar-refractivity contribution in [1.29, 1.82) is 0 Å². The zero-order valence-corrected chi connectivity index (χ0v) is 10.3. The highest BCUT2D eigenvalue weighted by Crippen LogP contribution is 2.36. The van der Waals surface area contributed by atoms with Gasteiger partial charge in [0.25, 0.3) is 0 Å². The number of unbranched alkanes of at least 4 members (excludes halogenated alkanes) is 1.